The van der Waals surface area contributed by atoms with Gasteiger partial charge in [0.1, 0.15) is 0 Å². The number of hydrogen-bond acceptors (Lipinski definition) is 0. The van der Waals surface area contributed by atoms with E-state index in [0.717, 1.165) is 0 Å². The van der Waals surface area contributed by atoms with E-state index in [0.29, 0.717) is 17.3 Å². The lowest BCUT2D eigenvalue weighted by Gasteiger charge is -2.27. The summed E-state index contributed by atoms with van der Waals surface area (Å²) in [4.78, 5) is 0. The smallest absolute Gasteiger partial charge is 0.00422 e. The summed E-state index contributed by atoms with van der Waals surface area (Å²) in [7, 11) is 0. The molecular formula is C16H22. The van der Waals surface area contributed by atoms with Crippen molar-refractivity contribution in [3.63, 3.8) is 0 Å². The second kappa shape index (κ2) is 4.86. The van der Waals surface area contributed by atoms with E-state index in [2.05, 4.69) is 62.5 Å². The van der Waals surface area contributed by atoms with Gasteiger partial charge in [0.05, 0.1) is 0 Å². The molecule has 0 heteroatoms. The van der Waals surface area contributed by atoms with Crippen LogP contribution in [0.15, 0.2) is 48.6 Å². The molecule has 0 N–H and O–H groups in total. The van der Waals surface area contributed by atoms with Crippen LogP contribution in [-0.4, -0.2) is 0 Å². The van der Waals surface area contributed by atoms with E-state index in [1.54, 1.807) is 0 Å². The van der Waals surface area contributed by atoms with Crippen molar-refractivity contribution in [2.24, 2.45) is 17.3 Å². The van der Waals surface area contributed by atoms with Crippen LogP contribution in [0.4, 0.5) is 0 Å². The Bertz CT molecular complexity index is 315. The van der Waals surface area contributed by atoms with Crippen molar-refractivity contribution < 1.29 is 0 Å². The Hall–Kier alpha value is -1.04. The van der Waals surface area contributed by atoms with Gasteiger partial charge in [-0.2, -0.15) is 0 Å². The summed E-state index contributed by atoms with van der Waals surface area (Å²) in [5.74, 6) is 1.36. The van der Waals surface area contributed by atoms with Crippen molar-refractivity contribution in [3.8, 4) is 0 Å². The van der Waals surface area contributed by atoms with Gasteiger partial charge in [-0.1, -0.05) is 62.5 Å². The summed E-state index contributed by atoms with van der Waals surface area (Å²) < 4.78 is 0. The van der Waals surface area contributed by atoms with E-state index in [4.69, 9.17) is 0 Å². The molecule has 2 rings (SSSR count). The van der Waals surface area contributed by atoms with Gasteiger partial charge in [0.25, 0.3) is 0 Å². The van der Waals surface area contributed by atoms with Crippen molar-refractivity contribution in [1.29, 1.82) is 0 Å². The second-order valence-corrected chi connectivity index (χ2v) is 5.77. The quantitative estimate of drug-likeness (QED) is 0.624. The standard InChI is InChI=1S/C16H22/c1-16(2,13-15-9-5-6-10-15)12-11-14-7-3-4-8-14/h3-10,14-15H,11-13H2,1-2H3. The molecule has 0 amide bonds. The van der Waals surface area contributed by atoms with Crippen LogP contribution >= 0.6 is 0 Å². The minimum Gasteiger partial charge on any atom is -0.0776 e. The highest BCUT2D eigenvalue weighted by Crippen LogP contribution is 2.35. The molecule has 0 saturated heterocycles. The Kier molecular flexibility index (Phi) is 3.48. The number of allylic oxidation sites excluding steroid dienone is 8. The fraction of sp³-hybridized carbons (Fsp3) is 0.500. The van der Waals surface area contributed by atoms with E-state index >= 15 is 0 Å². The van der Waals surface area contributed by atoms with Crippen LogP contribution in [0.2, 0.25) is 0 Å². The van der Waals surface area contributed by atoms with Gasteiger partial charge in [0, 0.05) is 0 Å². The Labute approximate surface area is 99.4 Å². The van der Waals surface area contributed by atoms with Crippen molar-refractivity contribution in [2.45, 2.75) is 33.1 Å². The third-order valence-corrected chi connectivity index (χ3v) is 3.60. The molecule has 0 fully saturated rings. The lowest BCUT2D eigenvalue weighted by molar-refractivity contribution is 0.274. The van der Waals surface area contributed by atoms with Crippen molar-refractivity contribution in [3.05, 3.63) is 48.6 Å². The fourth-order valence-corrected chi connectivity index (χ4v) is 2.58. The van der Waals surface area contributed by atoms with Crippen LogP contribution in [-0.2, 0) is 0 Å². The Balaban J connectivity index is 1.77. The number of rotatable bonds is 5. The SMILES string of the molecule is CC(C)(CCC1C=CC=C1)CC1C=CC=C1. The minimum absolute atomic E-state index is 0.452. The maximum Gasteiger partial charge on any atom is -0.00422 e. The van der Waals surface area contributed by atoms with Gasteiger partial charge in [-0.3, -0.25) is 0 Å². The van der Waals surface area contributed by atoms with Crippen LogP contribution in [0, 0.1) is 17.3 Å². The van der Waals surface area contributed by atoms with Gasteiger partial charge in [-0.15, -0.1) is 0 Å². The average Bonchev–Trinajstić information content (AvgIpc) is 2.85. The molecule has 0 bridgehead atoms. The van der Waals surface area contributed by atoms with Crippen LogP contribution in [0.5, 0.6) is 0 Å². The van der Waals surface area contributed by atoms with Crippen molar-refractivity contribution >= 4 is 0 Å². The zero-order chi connectivity index (χ0) is 11.4. The first kappa shape index (κ1) is 11.4. The van der Waals surface area contributed by atoms with E-state index in [1.807, 2.05) is 0 Å². The molecule has 16 heavy (non-hydrogen) atoms. The molecule has 2 aliphatic rings. The average molecular weight is 214 g/mol. The van der Waals surface area contributed by atoms with Gasteiger partial charge >= 0.3 is 0 Å². The molecule has 0 aromatic carbocycles. The molecule has 0 saturated carbocycles. The Morgan fingerprint density at radius 2 is 1.31 bits per heavy atom. The molecule has 0 unspecified atom stereocenters. The molecule has 86 valence electrons. The van der Waals surface area contributed by atoms with Crippen molar-refractivity contribution in [2.75, 3.05) is 0 Å². The summed E-state index contributed by atoms with van der Waals surface area (Å²) in [5.41, 5.74) is 0.452. The summed E-state index contributed by atoms with van der Waals surface area (Å²) >= 11 is 0. The molecule has 0 spiro atoms. The van der Waals surface area contributed by atoms with Crippen LogP contribution in [0.25, 0.3) is 0 Å². The van der Waals surface area contributed by atoms with Gasteiger partial charge in [0.2, 0.25) is 0 Å². The maximum absolute atomic E-state index is 2.40. The third-order valence-electron chi connectivity index (χ3n) is 3.60. The van der Waals surface area contributed by atoms with Crippen molar-refractivity contribution in [1.82, 2.24) is 0 Å². The summed E-state index contributed by atoms with van der Waals surface area (Å²) in [6, 6.07) is 0. The monoisotopic (exact) mass is 214 g/mol. The summed E-state index contributed by atoms with van der Waals surface area (Å²) in [6.45, 7) is 4.80. The molecule has 2 aliphatic carbocycles. The van der Waals surface area contributed by atoms with Crippen LogP contribution in [0.1, 0.15) is 33.1 Å². The Morgan fingerprint density at radius 1 is 0.812 bits per heavy atom. The largest absolute Gasteiger partial charge is 0.0776 e. The first-order chi connectivity index (χ1) is 7.66. The van der Waals surface area contributed by atoms with Gasteiger partial charge in [-0.25, -0.2) is 0 Å². The van der Waals surface area contributed by atoms with E-state index in [1.165, 1.54) is 19.3 Å². The molecule has 0 atom stereocenters. The molecular weight excluding hydrogens is 192 g/mol. The molecule has 0 aromatic heterocycles. The lowest BCUT2D eigenvalue weighted by Crippen LogP contribution is -2.15. The normalized spacial score (nSPS) is 20.4. The molecule has 0 radical (unpaired) electrons. The lowest BCUT2D eigenvalue weighted by atomic mass is 9.78. The molecule has 0 heterocycles. The minimum atomic E-state index is 0.452. The topological polar surface area (TPSA) is 0 Å². The van der Waals surface area contributed by atoms with E-state index < -0.39 is 0 Å². The zero-order valence-electron chi connectivity index (χ0n) is 10.4. The van der Waals surface area contributed by atoms with Gasteiger partial charge in [-0.05, 0) is 36.5 Å². The highest BCUT2D eigenvalue weighted by atomic mass is 14.3. The highest BCUT2D eigenvalue weighted by Gasteiger charge is 2.22. The van der Waals surface area contributed by atoms with Crippen LogP contribution < -0.4 is 0 Å². The maximum atomic E-state index is 2.40. The van der Waals surface area contributed by atoms with Gasteiger partial charge < -0.3 is 0 Å². The van der Waals surface area contributed by atoms with Crippen LogP contribution in [0.3, 0.4) is 0 Å². The summed E-state index contributed by atoms with van der Waals surface area (Å²) in [6.07, 6.45) is 21.8. The third kappa shape index (κ3) is 3.23. The molecule has 0 nitrogen and oxygen atoms in total. The van der Waals surface area contributed by atoms with E-state index in [9.17, 15) is 0 Å². The molecule has 0 aromatic rings. The Morgan fingerprint density at radius 3 is 1.88 bits per heavy atom. The highest BCUT2D eigenvalue weighted by molar-refractivity contribution is 5.18. The first-order valence-corrected chi connectivity index (χ1v) is 6.36. The zero-order valence-corrected chi connectivity index (χ0v) is 10.4. The summed E-state index contributed by atoms with van der Waals surface area (Å²) in [5, 5.41) is 0. The predicted octanol–water partition coefficient (Wildman–Crippen LogP) is 4.67. The predicted molar refractivity (Wildman–Crippen MR) is 71.2 cm³/mol. The first-order valence-electron chi connectivity index (χ1n) is 6.36. The second-order valence-electron chi connectivity index (χ2n) is 5.77. The number of hydrogen-bond donors (Lipinski definition) is 0. The fourth-order valence-electron chi connectivity index (χ4n) is 2.58. The van der Waals surface area contributed by atoms with Gasteiger partial charge in [0.15, 0.2) is 0 Å². The molecule has 0 aliphatic heterocycles. The van der Waals surface area contributed by atoms with E-state index in [-0.39, 0.29) is 0 Å².